The lowest BCUT2D eigenvalue weighted by atomic mass is 9.22. The van der Waals surface area contributed by atoms with Crippen LogP contribution in [0.5, 0.6) is 0 Å². The predicted molar refractivity (Wildman–Crippen MR) is 440 cm³/mol. The van der Waals surface area contributed by atoms with Crippen LogP contribution in [-0.4, -0.2) is 60.2 Å². The van der Waals surface area contributed by atoms with Crippen molar-refractivity contribution in [1.29, 1.82) is 0 Å². The molecule has 0 N–H and O–H groups in total. The second-order valence-electron chi connectivity index (χ2n) is 30.7. The highest BCUT2D eigenvalue weighted by molar-refractivity contribution is 8.01. The van der Waals surface area contributed by atoms with Gasteiger partial charge in [0.1, 0.15) is 0 Å². The Labute approximate surface area is 619 Å². The summed E-state index contributed by atoms with van der Waals surface area (Å²) in [4.78, 5) is 11.7. The monoisotopic (exact) mass is 1360 g/mol. The van der Waals surface area contributed by atoms with Crippen LogP contribution in [0, 0.1) is 0 Å². The van der Waals surface area contributed by atoms with Gasteiger partial charge in [0.2, 0.25) is 6.71 Å². The number of rotatable bonds is 13. The van der Waals surface area contributed by atoms with E-state index in [4.69, 9.17) is 4.74 Å². The van der Waals surface area contributed by atoms with E-state index >= 15 is 0 Å². The molecule has 11 aromatic rings. The molecule has 11 aromatic carbocycles. The molecular formula is C96H86B2N4OS. The number of hydrogen-bond donors (Lipinski definition) is 0. The summed E-state index contributed by atoms with van der Waals surface area (Å²) in [5, 5.41) is 0.430. The quantitative estimate of drug-likeness (QED) is 0.107. The zero-order chi connectivity index (χ0) is 68.6. The summed E-state index contributed by atoms with van der Waals surface area (Å²) < 4.78 is 7.81. The zero-order valence-electron chi connectivity index (χ0n) is 59.0. The first-order chi connectivity index (χ1) is 51.6. The van der Waals surface area contributed by atoms with E-state index in [0.29, 0.717) is 12.1 Å². The van der Waals surface area contributed by atoms with Gasteiger partial charge >= 0.3 is 0 Å². The molecule has 8 heteroatoms. The van der Waals surface area contributed by atoms with E-state index in [0.717, 1.165) is 38.5 Å². The van der Waals surface area contributed by atoms with Crippen molar-refractivity contribution in [2.45, 2.75) is 135 Å². The number of thioether (sulfide) groups is 1. The van der Waals surface area contributed by atoms with Crippen LogP contribution < -0.4 is 25.1 Å². The summed E-state index contributed by atoms with van der Waals surface area (Å²) in [7, 11) is 0. The minimum atomic E-state index is 0.0505. The van der Waals surface area contributed by atoms with Gasteiger partial charge in [0.05, 0.1) is 23.2 Å². The lowest BCUT2D eigenvalue weighted by Crippen LogP contribution is -2.66. The van der Waals surface area contributed by atoms with Crippen molar-refractivity contribution in [3.8, 4) is 55.6 Å². The molecule has 0 bridgehead atoms. The number of anilines is 6. The number of hydrogen-bond acceptors (Lipinski definition) is 6. The average Bonchev–Trinajstić information content (AvgIpc) is 0.688. The second kappa shape index (κ2) is 27.2. The van der Waals surface area contributed by atoms with Gasteiger partial charge in [-0.1, -0.05) is 309 Å². The van der Waals surface area contributed by atoms with Crippen molar-refractivity contribution in [3.63, 3.8) is 0 Å². The molecule has 508 valence electrons. The smallest absolute Gasteiger partial charge is 0.224 e. The van der Waals surface area contributed by atoms with Crippen molar-refractivity contribution in [2.24, 2.45) is 0 Å². The summed E-state index contributed by atoms with van der Waals surface area (Å²) in [5.74, 6) is 1.97. The molecule has 4 aliphatic heterocycles. The van der Waals surface area contributed by atoms with Crippen molar-refractivity contribution in [1.82, 2.24) is 0 Å². The Kier molecular flexibility index (Phi) is 16.6. The number of ether oxygens (including phenoxy) is 1. The molecule has 20 rings (SSSR count). The third kappa shape index (κ3) is 11.0. The first-order valence-electron chi connectivity index (χ1n) is 38.8. The fraction of sp³-hybridized carbons (Fsp3) is 0.229. The van der Waals surface area contributed by atoms with E-state index in [-0.39, 0.29) is 65.6 Å². The van der Waals surface area contributed by atoms with Gasteiger partial charge < -0.3 is 24.3 Å². The SMILES string of the molecule is C1=CC2=C(CC1)OC1CC(N(c3ccccc3)C3CCCCC3)CC3C1B2C1=CC2B4c5ccccc5N(c5c(-c6ccccc6)cccc5-c5ccccc5)C5CC(N(c6ccccc6)c6c(-c7ccccc7)cccc6-c6ccccc6)CC(SC2C=C1N3c1ccccc1-c1ccccc1)C45. The van der Waals surface area contributed by atoms with E-state index in [2.05, 4.69) is 353 Å². The average molecular weight is 1370 g/mol. The number of fused-ring (bicyclic) bond motifs is 7. The maximum Gasteiger partial charge on any atom is 0.224 e. The summed E-state index contributed by atoms with van der Waals surface area (Å²) in [6, 6.07) is 114. The highest BCUT2D eigenvalue weighted by Gasteiger charge is 2.63. The summed E-state index contributed by atoms with van der Waals surface area (Å²) in [5.41, 5.74) is 26.2. The van der Waals surface area contributed by atoms with E-state index in [9.17, 15) is 0 Å². The van der Waals surface area contributed by atoms with Crippen LogP contribution >= 0.6 is 11.8 Å². The van der Waals surface area contributed by atoms with Gasteiger partial charge in [-0.05, 0) is 126 Å². The fourth-order valence-corrected chi connectivity index (χ4v) is 23.1. The van der Waals surface area contributed by atoms with Gasteiger partial charge in [-0.15, -0.1) is 0 Å². The molecule has 10 unspecified atom stereocenters. The maximum atomic E-state index is 7.81. The van der Waals surface area contributed by atoms with Gasteiger partial charge in [-0.25, -0.2) is 0 Å². The normalized spacial score (nSPS) is 24.3. The Hall–Kier alpha value is -10.1. The van der Waals surface area contributed by atoms with Gasteiger partial charge in [-0.3, -0.25) is 0 Å². The molecule has 5 nitrogen and oxygen atoms in total. The van der Waals surface area contributed by atoms with Crippen LogP contribution in [0.1, 0.15) is 70.6 Å². The minimum absolute atomic E-state index is 0.0505. The highest BCUT2D eigenvalue weighted by atomic mass is 32.2. The zero-order valence-corrected chi connectivity index (χ0v) is 59.8. The first-order valence-corrected chi connectivity index (χ1v) is 39.7. The molecule has 9 aliphatic rings. The van der Waals surface area contributed by atoms with E-state index in [1.165, 1.54) is 150 Å². The van der Waals surface area contributed by atoms with E-state index in [1.807, 2.05) is 0 Å². The summed E-state index contributed by atoms with van der Waals surface area (Å²) >= 11 is 2.33. The molecule has 2 saturated heterocycles. The molecule has 104 heavy (non-hydrogen) atoms. The maximum absolute atomic E-state index is 7.81. The van der Waals surface area contributed by atoms with Gasteiger partial charge in [0, 0.05) is 116 Å². The molecule has 0 spiro atoms. The largest absolute Gasteiger partial charge is 0.496 e. The van der Waals surface area contributed by atoms with Gasteiger partial charge in [-0.2, -0.15) is 11.8 Å². The predicted octanol–water partition coefficient (Wildman–Crippen LogP) is 23.1. The molecular weight excluding hydrogens is 1280 g/mol. The second-order valence-corrected chi connectivity index (χ2v) is 32.1. The number of para-hydroxylation sites is 6. The molecule has 4 heterocycles. The Bertz CT molecular complexity index is 4970. The summed E-state index contributed by atoms with van der Waals surface area (Å²) in [6.45, 7) is 0.414. The van der Waals surface area contributed by atoms with Crippen LogP contribution in [-0.2, 0) is 4.74 Å². The standard InChI is InChI=1S/C96H86B2N4OS/c1-9-33-65(34-10-1)75-49-25-28-56-84(75)101-86-64-91-83(63-82(86)98-81-55-27-30-58-89(81)103-90-61-73(59-87(101)93(90)98)99(70-43-19-6-20-44-70)71-45-21-7-22-46-71)97-80-54-26-29-57-85(80)102(96-78(68-39-15-4-16-40-68)52-32-53-79(96)69-41-17-5-18-42-69)88-60-74(62-92(104-91)94(88)97)100(72-47-23-8-24-48-72)95-76(66-35-11-2-12-36-66)50-31-51-77(95)67-37-13-3-14-38-67/h1-6,8-20,23-29,31-44,47-57,63-64,71,73-74,83,87-88,90-94H,7,21-22,30,45-46,58-62H2. The highest BCUT2D eigenvalue weighted by Crippen LogP contribution is 2.64. The van der Waals surface area contributed by atoms with Crippen LogP contribution in [0.3, 0.4) is 0 Å². The van der Waals surface area contributed by atoms with Crippen molar-refractivity contribution in [2.75, 3.05) is 19.6 Å². The van der Waals surface area contributed by atoms with Gasteiger partial charge in [0.25, 0.3) is 0 Å². The molecule has 0 radical (unpaired) electrons. The first kappa shape index (κ1) is 63.5. The fourth-order valence-electron chi connectivity index (χ4n) is 21.2. The molecule has 5 aliphatic carbocycles. The Morgan fingerprint density at radius 2 is 0.933 bits per heavy atom. The van der Waals surface area contributed by atoms with Crippen LogP contribution in [0.4, 0.5) is 34.1 Å². The minimum Gasteiger partial charge on any atom is -0.496 e. The number of nitrogens with zero attached hydrogens (tertiary/aromatic N) is 4. The Balaban J connectivity index is 0.821. The Morgan fingerprint density at radius 1 is 0.423 bits per heavy atom. The Morgan fingerprint density at radius 3 is 1.56 bits per heavy atom. The van der Waals surface area contributed by atoms with Crippen LogP contribution in [0.25, 0.3) is 55.6 Å². The lowest BCUT2D eigenvalue weighted by molar-refractivity contribution is 0.0516. The molecule has 0 aromatic heterocycles. The molecule has 10 atom stereocenters. The van der Waals surface area contributed by atoms with E-state index < -0.39 is 0 Å². The number of allylic oxidation sites excluding steroid dienone is 6. The molecule has 3 saturated carbocycles. The van der Waals surface area contributed by atoms with Crippen LogP contribution in [0.2, 0.25) is 17.5 Å². The lowest BCUT2D eigenvalue weighted by Gasteiger charge is -2.62. The molecule has 5 fully saturated rings. The van der Waals surface area contributed by atoms with Crippen LogP contribution in [0.15, 0.2) is 344 Å². The van der Waals surface area contributed by atoms with Crippen molar-refractivity contribution < 1.29 is 4.74 Å². The number of benzene rings is 11. The topological polar surface area (TPSA) is 22.2 Å². The third-order valence-corrected chi connectivity index (χ3v) is 26.9. The third-order valence-electron chi connectivity index (χ3n) is 25.3. The van der Waals surface area contributed by atoms with E-state index in [1.54, 1.807) is 0 Å². The van der Waals surface area contributed by atoms with Crippen molar-refractivity contribution >= 4 is 64.8 Å². The summed E-state index contributed by atoms with van der Waals surface area (Å²) in [6.07, 6.45) is 23.3. The molecule has 0 amide bonds. The van der Waals surface area contributed by atoms with Crippen molar-refractivity contribution in [3.05, 3.63) is 344 Å². The van der Waals surface area contributed by atoms with Gasteiger partial charge in [0.15, 0.2) is 6.71 Å².